The maximum absolute atomic E-state index is 13.8. The van der Waals surface area contributed by atoms with Gasteiger partial charge in [0.1, 0.15) is 11.6 Å². The molecule has 1 saturated heterocycles. The van der Waals surface area contributed by atoms with Gasteiger partial charge in [0.05, 0.1) is 18.2 Å². The van der Waals surface area contributed by atoms with Crippen LogP contribution in [-0.2, 0) is 22.2 Å². The third-order valence-corrected chi connectivity index (χ3v) is 7.41. The first-order chi connectivity index (χ1) is 17.9. The molecule has 2 aromatic carbocycles. The predicted octanol–water partition coefficient (Wildman–Crippen LogP) is 4.16. The number of aliphatic hydroxyl groups is 1. The Labute approximate surface area is 225 Å². The Balaban J connectivity index is 1.83. The molecule has 0 bridgehead atoms. The topological polar surface area (TPSA) is 88.4 Å². The van der Waals surface area contributed by atoms with Gasteiger partial charge in [-0.15, -0.1) is 0 Å². The maximum Gasteiger partial charge on any atom is 0.217 e. The van der Waals surface area contributed by atoms with Crippen molar-refractivity contribution in [2.45, 2.75) is 76.5 Å². The van der Waals surface area contributed by atoms with Gasteiger partial charge in [-0.25, -0.2) is 8.78 Å². The summed E-state index contributed by atoms with van der Waals surface area (Å²) in [6, 6.07) is 13.2. The number of aliphatic hydroxyl groups excluding tert-OH is 1. The van der Waals surface area contributed by atoms with Crippen molar-refractivity contribution in [1.82, 2.24) is 15.5 Å². The lowest BCUT2D eigenvalue weighted by molar-refractivity contribution is -0.120. The monoisotopic (exact) mass is 526 g/mol. The fourth-order valence-corrected chi connectivity index (χ4v) is 5.19. The molecular weight excluding hydrogens is 486 g/mol. The number of likely N-dealkylation sites (tertiary alicyclic amines) is 1. The Kier molecular flexibility index (Phi) is 10.00. The molecule has 1 fully saturated rings. The largest absolute Gasteiger partial charge is 0.390 e. The molecule has 1 aliphatic rings. The summed E-state index contributed by atoms with van der Waals surface area (Å²) in [6.07, 6.45) is 1.16. The van der Waals surface area contributed by atoms with E-state index in [2.05, 4.69) is 66.6 Å². The van der Waals surface area contributed by atoms with E-state index in [1.165, 1.54) is 24.6 Å². The number of rotatable bonds is 10. The van der Waals surface area contributed by atoms with Crippen LogP contribution in [0.2, 0.25) is 0 Å². The number of nitrogens with one attached hydrogen (secondary N) is 2. The van der Waals surface area contributed by atoms with Gasteiger partial charge in [0.15, 0.2) is 0 Å². The van der Waals surface area contributed by atoms with Crippen molar-refractivity contribution in [3.8, 4) is 6.07 Å². The van der Waals surface area contributed by atoms with Crippen molar-refractivity contribution in [2.75, 3.05) is 26.2 Å². The second-order valence-corrected chi connectivity index (χ2v) is 11.4. The van der Waals surface area contributed by atoms with Crippen LogP contribution in [0.1, 0.15) is 63.6 Å². The zero-order valence-electron chi connectivity index (χ0n) is 22.9. The van der Waals surface area contributed by atoms with E-state index in [0.29, 0.717) is 12.0 Å². The average Bonchev–Trinajstić information content (AvgIpc) is 2.85. The molecule has 0 aliphatic carbocycles. The molecule has 6 nitrogen and oxygen atoms in total. The standard InChI is InChI=1S/C30H40F2N4O2/c1-21(37)35-27(17-22-15-25(31)19-26(32)16-22)28(38)20-34-30(9-13-36(14-10-30)12-6-11-33)24-8-5-7-23(18-24)29(2,3)4/h5,7-8,15-16,18-19,27-28,34,38H,6,9-10,12-14,17,20H2,1-4H3,(H,35,37)/t27-,28+/m0/s1. The minimum Gasteiger partial charge on any atom is -0.390 e. The van der Waals surface area contributed by atoms with Crippen LogP contribution in [0.25, 0.3) is 0 Å². The summed E-state index contributed by atoms with van der Waals surface area (Å²) in [5.74, 6) is -1.73. The fraction of sp³-hybridized carbons (Fsp3) is 0.533. The summed E-state index contributed by atoms with van der Waals surface area (Å²) in [5, 5.41) is 26.6. The lowest BCUT2D eigenvalue weighted by atomic mass is 9.77. The van der Waals surface area contributed by atoms with Crippen LogP contribution in [-0.4, -0.2) is 54.2 Å². The summed E-state index contributed by atoms with van der Waals surface area (Å²) >= 11 is 0. The third-order valence-electron chi connectivity index (χ3n) is 7.41. The molecule has 3 rings (SSSR count). The lowest BCUT2D eigenvalue weighted by Crippen LogP contribution is -2.56. The number of hydrogen-bond donors (Lipinski definition) is 3. The van der Waals surface area contributed by atoms with Crippen molar-refractivity contribution in [3.63, 3.8) is 0 Å². The van der Waals surface area contributed by atoms with Gasteiger partial charge in [0, 0.05) is 51.1 Å². The minimum absolute atomic E-state index is 0.0268. The van der Waals surface area contributed by atoms with Gasteiger partial charge in [0.2, 0.25) is 5.91 Å². The fourth-order valence-electron chi connectivity index (χ4n) is 5.19. The van der Waals surface area contributed by atoms with Crippen molar-refractivity contribution in [2.24, 2.45) is 0 Å². The Bertz CT molecular complexity index is 1110. The van der Waals surface area contributed by atoms with Crippen LogP contribution in [0, 0.1) is 23.0 Å². The highest BCUT2D eigenvalue weighted by molar-refractivity contribution is 5.73. The number of carbonyl (C=O) groups is 1. The maximum atomic E-state index is 13.8. The van der Waals surface area contributed by atoms with Gasteiger partial charge in [-0.2, -0.15) is 5.26 Å². The van der Waals surface area contributed by atoms with Gasteiger partial charge in [0.25, 0.3) is 0 Å². The van der Waals surface area contributed by atoms with E-state index in [4.69, 9.17) is 5.26 Å². The zero-order chi connectivity index (χ0) is 27.9. The van der Waals surface area contributed by atoms with Crippen molar-refractivity contribution < 1.29 is 18.7 Å². The van der Waals surface area contributed by atoms with Crippen LogP contribution < -0.4 is 10.6 Å². The summed E-state index contributed by atoms with van der Waals surface area (Å²) in [6.45, 7) is 10.4. The number of amides is 1. The minimum atomic E-state index is -0.996. The van der Waals surface area contributed by atoms with E-state index < -0.39 is 29.3 Å². The predicted molar refractivity (Wildman–Crippen MR) is 144 cm³/mol. The highest BCUT2D eigenvalue weighted by atomic mass is 19.1. The molecule has 8 heteroatoms. The van der Waals surface area contributed by atoms with Crippen LogP contribution in [0.15, 0.2) is 42.5 Å². The first-order valence-electron chi connectivity index (χ1n) is 13.3. The van der Waals surface area contributed by atoms with Gasteiger partial charge in [-0.3, -0.25) is 4.79 Å². The van der Waals surface area contributed by atoms with E-state index in [-0.39, 0.29) is 24.3 Å². The summed E-state index contributed by atoms with van der Waals surface area (Å²) in [4.78, 5) is 14.2. The van der Waals surface area contributed by atoms with E-state index in [1.807, 2.05) is 0 Å². The number of piperidine rings is 1. The Hall–Kier alpha value is -2.86. The van der Waals surface area contributed by atoms with Crippen molar-refractivity contribution >= 4 is 5.91 Å². The van der Waals surface area contributed by atoms with Gasteiger partial charge in [-0.1, -0.05) is 45.0 Å². The first kappa shape index (κ1) is 29.7. The van der Waals surface area contributed by atoms with Gasteiger partial charge >= 0.3 is 0 Å². The van der Waals surface area contributed by atoms with Crippen LogP contribution >= 0.6 is 0 Å². The number of benzene rings is 2. The zero-order valence-corrected chi connectivity index (χ0v) is 22.9. The Morgan fingerprint density at radius 3 is 2.39 bits per heavy atom. The molecule has 3 N–H and O–H groups in total. The third kappa shape index (κ3) is 8.07. The molecule has 0 unspecified atom stereocenters. The molecule has 1 amide bonds. The van der Waals surface area contributed by atoms with Gasteiger partial charge < -0.3 is 20.6 Å². The van der Waals surface area contributed by atoms with Crippen LogP contribution in [0.4, 0.5) is 8.78 Å². The van der Waals surface area contributed by atoms with Gasteiger partial charge in [-0.05, 0) is 53.5 Å². The van der Waals surface area contributed by atoms with E-state index >= 15 is 0 Å². The van der Waals surface area contributed by atoms with Crippen molar-refractivity contribution in [3.05, 3.63) is 70.8 Å². The highest BCUT2D eigenvalue weighted by Crippen LogP contribution is 2.35. The second kappa shape index (κ2) is 12.8. The SMILES string of the molecule is CC(=O)N[C@@H](Cc1cc(F)cc(F)c1)[C@H](O)CNC1(c2cccc(C(C)(C)C)c2)CCN(CCC#N)CC1. The normalized spacial score (nSPS) is 17.4. The summed E-state index contributed by atoms with van der Waals surface area (Å²) in [5.41, 5.74) is 2.28. The average molecular weight is 527 g/mol. The highest BCUT2D eigenvalue weighted by Gasteiger charge is 2.37. The van der Waals surface area contributed by atoms with Crippen LogP contribution in [0.3, 0.4) is 0 Å². The molecule has 38 heavy (non-hydrogen) atoms. The number of halogens is 2. The number of nitriles is 1. The molecule has 0 saturated carbocycles. The number of nitrogens with zero attached hydrogens (tertiary/aromatic N) is 2. The molecular formula is C30H40F2N4O2. The molecule has 1 aliphatic heterocycles. The van der Waals surface area contributed by atoms with E-state index in [9.17, 15) is 18.7 Å². The van der Waals surface area contributed by atoms with Crippen LogP contribution in [0.5, 0.6) is 0 Å². The Morgan fingerprint density at radius 1 is 1.16 bits per heavy atom. The van der Waals surface area contributed by atoms with E-state index in [1.54, 1.807) is 0 Å². The second-order valence-electron chi connectivity index (χ2n) is 11.4. The molecule has 0 aromatic heterocycles. The summed E-state index contributed by atoms with van der Waals surface area (Å²) in [7, 11) is 0. The number of carbonyl (C=O) groups excluding carboxylic acids is 1. The molecule has 0 radical (unpaired) electrons. The quantitative estimate of drug-likeness (QED) is 0.433. The Morgan fingerprint density at radius 2 is 1.82 bits per heavy atom. The molecule has 2 aromatic rings. The van der Waals surface area contributed by atoms with Crippen molar-refractivity contribution in [1.29, 1.82) is 5.26 Å². The molecule has 0 spiro atoms. The molecule has 206 valence electrons. The first-order valence-corrected chi connectivity index (χ1v) is 13.3. The number of hydrogen-bond acceptors (Lipinski definition) is 5. The lowest BCUT2D eigenvalue weighted by Gasteiger charge is -2.44. The molecule has 2 atom stereocenters. The molecule has 1 heterocycles. The smallest absolute Gasteiger partial charge is 0.217 e. The summed E-state index contributed by atoms with van der Waals surface area (Å²) < 4.78 is 27.5. The van der Waals surface area contributed by atoms with E-state index in [0.717, 1.165) is 44.1 Å².